The van der Waals surface area contributed by atoms with Gasteiger partial charge in [-0.1, -0.05) is 0 Å². The monoisotopic (exact) mass is 839 g/mol. The zero-order valence-corrected chi connectivity index (χ0v) is 35.1. The predicted molar refractivity (Wildman–Crippen MR) is 230 cm³/mol. The van der Waals surface area contributed by atoms with Crippen LogP contribution in [-0.4, -0.2) is 114 Å². The third-order valence-electron chi connectivity index (χ3n) is 13.5. The Balaban J connectivity index is 0.697. The van der Waals surface area contributed by atoms with E-state index in [1.807, 2.05) is 54.9 Å². The summed E-state index contributed by atoms with van der Waals surface area (Å²) in [5.74, 6) is 1.50. The number of aryl methyl sites for hydroxylation is 2. The quantitative estimate of drug-likeness (QED) is 0.204. The number of anilines is 3. The van der Waals surface area contributed by atoms with E-state index in [9.17, 15) is 19.2 Å². The van der Waals surface area contributed by atoms with E-state index >= 15 is 4.39 Å². The summed E-state index contributed by atoms with van der Waals surface area (Å²) in [6.07, 6.45) is 8.65. The molecule has 62 heavy (non-hydrogen) atoms. The first kappa shape index (κ1) is 39.8. The predicted octanol–water partition coefficient (Wildman–Crippen LogP) is 4.91. The van der Waals surface area contributed by atoms with Gasteiger partial charge < -0.3 is 24.9 Å². The molecule has 0 radical (unpaired) electrons. The summed E-state index contributed by atoms with van der Waals surface area (Å²) in [4.78, 5) is 73.2. The molecule has 9 heterocycles. The molecule has 1 aromatic carbocycles. The molecule has 2 N–H and O–H groups in total. The van der Waals surface area contributed by atoms with E-state index in [1.54, 1.807) is 17.3 Å². The highest BCUT2D eigenvalue weighted by molar-refractivity contribution is 6.05. The molecule has 3 fully saturated rings. The van der Waals surface area contributed by atoms with Crippen molar-refractivity contribution in [2.75, 3.05) is 49.5 Å². The normalized spacial score (nSPS) is 20.4. The number of hydrogen-bond acceptors (Lipinski definition) is 11. The van der Waals surface area contributed by atoms with Crippen LogP contribution in [0.1, 0.15) is 71.5 Å². The molecule has 320 valence electrons. The van der Waals surface area contributed by atoms with E-state index in [4.69, 9.17) is 10.1 Å². The van der Waals surface area contributed by atoms with Crippen LogP contribution in [0.3, 0.4) is 0 Å². The van der Waals surface area contributed by atoms with Gasteiger partial charge in [0.15, 0.2) is 5.82 Å². The van der Waals surface area contributed by atoms with Gasteiger partial charge in [0, 0.05) is 105 Å². The summed E-state index contributed by atoms with van der Waals surface area (Å²) in [6, 6.07) is 12.5. The number of hydrogen-bond donors (Lipinski definition) is 2. The number of imide groups is 1. The van der Waals surface area contributed by atoms with Crippen molar-refractivity contribution in [3.05, 3.63) is 88.9 Å². The minimum atomic E-state index is -0.647. The number of aromatic nitrogens is 5. The summed E-state index contributed by atoms with van der Waals surface area (Å²) in [6.45, 7) is 9.75. The molecule has 5 aromatic rings. The van der Waals surface area contributed by atoms with Gasteiger partial charge in [-0.3, -0.25) is 34.2 Å². The maximum Gasteiger partial charge on any atom is 0.256 e. The summed E-state index contributed by atoms with van der Waals surface area (Å²) in [5.41, 5.74) is 5.32. The maximum absolute atomic E-state index is 15.2. The fraction of sp³-hybridized carbons (Fsp3) is 0.435. The van der Waals surface area contributed by atoms with Gasteiger partial charge in [-0.15, -0.1) is 0 Å². The molecule has 1 unspecified atom stereocenters. The van der Waals surface area contributed by atoms with E-state index in [0.29, 0.717) is 59.1 Å². The van der Waals surface area contributed by atoms with Gasteiger partial charge in [0.1, 0.15) is 30.0 Å². The first-order valence-electron chi connectivity index (χ1n) is 21.8. The maximum atomic E-state index is 15.2. The Labute approximate surface area is 358 Å². The van der Waals surface area contributed by atoms with Crippen molar-refractivity contribution >= 4 is 51.9 Å². The van der Waals surface area contributed by atoms with E-state index < -0.39 is 11.9 Å². The molecule has 10 rings (SSSR count). The molecule has 5 aliphatic rings. The van der Waals surface area contributed by atoms with E-state index in [-0.39, 0.29) is 49.1 Å². The van der Waals surface area contributed by atoms with Crippen LogP contribution in [0, 0.1) is 25.6 Å². The SMILES string of the molecule is Cc1cc(C)c(-c2cc3cc(Nc4cc5n(n4)CC(=O)N(C4CCN(CC6CCN(c7ccc8c(n7)CN(C7CCC(=O)NC7=O)C8=O)CC6)CC4)CC5)ncc3cc2F)cn1. The number of carbonyl (C=O) groups excluding carboxylic acids is 4. The average Bonchev–Trinajstić information content (AvgIpc) is 3.74. The second-order valence-electron chi connectivity index (χ2n) is 17.6. The number of nitrogens with zero attached hydrogens (tertiary/aromatic N) is 9. The van der Waals surface area contributed by atoms with Crippen molar-refractivity contribution in [1.82, 2.24) is 44.7 Å². The molecular weight excluding hydrogens is 790 g/mol. The minimum absolute atomic E-state index is 0.0942. The number of pyridine rings is 3. The first-order valence-corrected chi connectivity index (χ1v) is 21.8. The summed E-state index contributed by atoms with van der Waals surface area (Å²) >= 11 is 0. The van der Waals surface area contributed by atoms with Gasteiger partial charge in [0.05, 0.1) is 17.8 Å². The number of benzene rings is 1. The van der Waals surface area contributed by atoms with Crippen molar-refractivity contribution in [2.45, 2.75) is 84.0 Å². The third-order valence-corrected chi connectivity index (χ3v) is 13.5. The molecule has 1 atom stereocenters. The fourth-order valence-electron chi connectivity index (χ4n) is 10.1. The van der Waals surface area contributed by atoms with Crippen molar-refractivity contribution in [3.63, 3.8) is 0 Å². The summed E-state index contributed by atoms with van der Waals surface area (Å²) in [5, 5.41) is 12.0. The Hall–Kier alpha value is -6.29. The standard InChI is InChI=1S/C46H50FN11O4/c1-27-17-28(2)48-23-36(27)35-18-30-20-40(49-22-31(30)19-37(35)47)51-41-21-33-11-16-56(44(60)26-58(33)53-41)32-9-12-54(13-10-32)24-29-7-14-55(15-8-29)42-5-3-34-38(50-42)25-57(46(34)62)39-4-6-43(59)52-45(39)61/h3,5,17-23,29,32,39H,4,6-16,24-26H2,1-2H3,(H,49,51,53)(H,52,59,61). The van der Waals surface area contributed by atoms with E-state index in [0.717, 1.165) is 92.1 Å². The van der Waals surface area contributed by atoms with Crippen LogP contribution in [-0.2, 0) is 33.9 Å². The molecule has 5 aliphatic heterocycles. The van der Waals surface area contributed by atoms with Gasteiger partial charge in [-0.25, -0.2) is 14.4 Å². The van der Waals surface area contributed by atoms with Crippen LogP contribution in [0.15, 0.2) is 54.9 Å². The number of rotatable bonds is 8. The second kappa shape index (κ2) is 16.2. The van der Waals surface area contributed by atoms with Crippen LogP contribution >= 0.6 is 0 Å². The smallest absolute Gasteiger partial charge is 0.256 e. The van der Waals surface area contributed by atoms with Gasteiger partial charge in [-0.2, -0.15) is 5.10 Å². The summed E-state index contributed by atoms with van der Waals surface area (Å²) < 4.78 is 17.0. The molecule has 16 heteroatoms. The number of carbonyl (C=O) groups is 4. The topological polar surface area (TPSA) is 162 Å². The van der Waals surface area contributed by atoms with Crippen molar-refractivity contribution in [2.24, 2.45) is 5.92 Å². The molecule has 0 spiro atoms. The molecule has 15 nitrogen and oxygen atoms in total. The van der Waals surface area contributed by atoms with E-state index in [1.165, 1.54) is 6.07 Å². The molecular formula is C46H50FN11O4. The second-order valence-corrected chi connectivity index (χ2v) is 17.6. The van der Waals surface area contributed by atoms with Crippen LogP contribution < -0.4 is 15.5 Å². The number of piperidine rings is 3. The van der Waals surface area contributed by atoms with Crippen molar-refractivity contribution in [3.8, 4) is 11.1 Å². The molecule has 4 amide bonds. The zero-order chi connectivity index (χ0) is 42.6. The molecule has 4 aromatic heterocycles. The van der Waals surface area contributed by atoms with Gasteiger partial charge in [0.25, 0.3) is 5.91 Å². The number of nitrogens with one attached hydrogen (secondary N) is 2. The van der Waals surface area contributed by atoms with Gasteiger partial charge >= 0.3 is 0 Å². The Morgan fingerprint density at radius 3 is 2.39 bits per heavy atom. The van der Waals surface area contributed by atoms with Crippen LogP contribution in [0.4, 0.5) is 21.8 Å². The number of amides is 4. The lowest BCUT2D eigenvalue weighted by Crippen LogP contribution is -2.52. The van der Waals surface area contributed by atoms with Crippen LogP contribution in [0.2, 0.25) is 0 Å². The lowest BCUT2D eigenvalue weighted by atomic mass is 9.94. The summed E-state index contributed by atoms with van der Waals surface area (Å²) in [7, 11) is 0. The molecule has 0 bridgehead atoms. The average molecular weight is 840 g/mol. The lowest BCUT2D eigenvalue weighted by molar-refractivity contribution is -0.137. The Kier molecular flexibility index (Phi) is 10.4. The Bertz CT molecular complexity index is 2620. The lowest BCUT2D eigenvalue weighted by Gasteiger charge is -2.40. The van der Waals surface area contributed by atoms with Crippen LogP contribution in [0.25, 0.3) is 21.9 Å². The molecule has 0 saturated carbocycles. The highest BCUT2D eigenvalue weighted by Gasteiger charge is 2.40. The highest BCUT2D eigenvalue weighted by Crippen LogP contribution is 2.33. The highest BCUT2D eigenvalue weighted by atomic mass is 19.1. The van der Waals surface area contributed by atoms with Crippen LogP contribution in [0.5, 0.6) is 0 Å². The number of halogens is 1. The van der Waals surface area contributed by atoms with E-state index in [2.05, 4.69) is 35.3 Å². The largest absolute Gasteiger partial charge is 0.357 e. The molecule has 0 aliphatic carbocycles. The minimum Gasteiger partial charge on any atom is -0.357 e. The first-order chi connectivity index (χ1) is 30.0. The Morgan fingerprint density at radius 2 is 1.60 bits per heavy atom. The third kappa shape index (κ3) is 7.76. The van der Waals surface area contributed by atoms with Gasteiger partial charge in [0.2, 0.25) is 17.7 Å². The number of likely N-dealkylation sites (tertiary alicyclic amines) is 1. The fourth-order valence-corrected chi connectivity index (χ4v) is 10.1. The Morgan fingerprint density at radius 1 is 0.774 bits per heavy atom. The van der Waals surface area contributed by atoms with Gasteiger partial charge in [-0.05, 0) is 99.2 Å². The number of fused-ring (bicyclic) bond motifs is 3. The van der Waals surface area contributed by atoms with Crippen molar-refractivity contribution < 1.29 is 23.6 Å². The van der Waals surface area contributed by atoms with Crippen molar-refractivity contribution in [1.29, 1.82) is 0 Å². The molecule has 3 saturated heterocycles. The zero-order valence-electron chi connectivity index (χ0n) is 35.1.